The molecule has 1 N–H and O–H groups in total. The van der Waals surface area contributed by atoms with Crippen molar-refractivity contribution in [1.82, 2.24) is 4.57 Å². The van der Waals surface area contributed by atoms with E-state index >= 15 is 0 Å². The number of rotatable bonds is 5. The van der Waals surface area contributed by atoms with Gasteiger partial charge in [0.1, 0.15) is 11.3 Å². The van der Waals surface area contributed by atoms with E-state index in [2.05, 4.69) is 0 Å². The molecule has 0 aliphatic carbocycles. The van der Waals surface area contributed by atoms with Gasteiger partial charge in [0.05, 0.1) is 11.9 Å². The third-order valence-corrected chi connectivity index (χ3v) is 4.06. The van der Waals surface area contributed by atoms with Crippen molar-refractivity contribution in [2.45, 2.75) is 13.3 Å². The molecule has 1 heterocycles. The van der Waals surface area contributed by atoms with Crippen LogP contribution in [-0.2, 0) is 9.59 Å². The first kappa shape index (κ1) is 17.3. The molecule has 26 heavy (non-hydrogen) atoms. The molecule has 0 amide bonds. The third-order valence-electron chi connectivity index (χ3n) is 4.06. The van der Waals surface area contributed by atoms with Crippen LogP contribution in [0.25, 0.3) is 16.6 Å². The van der Waals surface area contributed by atoms with Gasteiger partial charge in [-0.15, -0.1) is 0 Å². The minimum Gasteiger partial charge on any atom is -0.506 e. The first-order valence-electron chi connectivity index (χ1n) is 7.91. The lowest BCUT2D eigenvalue weighted by Gasteiger charge is -2.14. The van der Waals surface area contributed by atoms with Crippen LogP contribution in [0.3, 0.4) is 0 Å². The maximum atomic E-state index is 13.0. The lowest BCUT2D eigenvalue weighted by atomic mass is 10.0. The summed E-state index contributed by atoms with van der Waals surface area (Å²) >= 11 is 0. The minimum absolute atomic E-state index is 0.301. The van der Waals surface area contributed by atoms with Crippen LogP contribution in [-0.4, -0.2) is 27.0 Å². The first-order chi connectivity index (χ1) is 12.4. The van der Waals surface area contributed by atoms with E-state index in [-0.39, 0.29) is 0 Å². The van der Waals surface area contributed by atoms with Crippen LogP contribution in [0.1, 0.15) is 23.7 Å². The highest BCUT2D eigenvalue weighted by Gasteiger charge is 2.25. The van der Waals surface area contributed by atoms with Crippen molar-refractivity contribution in [2.24, 2.45) is 0 Å². The van der Waals surface area contributed by atoms with Gasteiger partial charge in [-0.25, -0.2) is 0 Å². The van der Waals surface area contributed by atoms with Gasteiger partial charge in [0.2, 0.25) is 5.78 Å². The van der Waals surface area contributed by atoms with Gasteiger partial charge in [-0.2, -0.15) is 0 Å². The third kappa shape index (κ3) is 2.93. The molecule has 0 saturated carbocycles. The van der Waals surface area contributed by atoms with Gasteiger partial charge >= 0.3 is 0 Å². The van der Waals surface area contributed by atoms with E-state index in [9.17, 15) is 24.3 Å². The number of nitrogens with zero attached hydrogens (tertiary/aromatic N) is 1. The Morgan fingerprint density at radius 1 is 0.962 bits per heavy atom. The normalized spacial score (nSPS) is 10.7. The highest BCUT2D eigenvalue weighted by molar-refractivity contribution is 6.40. The van der Waals surface area contributed by atoms with E-state index in [4.69, 9.17) is 0 Å². The number of Topliss-reactive ketones (excluding diaryl/α,β-unsaturated/α-hetero) is 3. The molecule has 1 aromatic heterocycles. The van der Waals surface area contributed by atoms with Crippen LogP contribution >= 0.6 is 0 Å². The van der Waals surface area contributed by atoms with Crippen LogP contribution in [0.4, 0.5) is 0 Å². The molecule has 0 bridgehead atoms. The molecule has 130 valence electrons. The number of aromatic hydroxyl groups is 1. The fourth-order valence-electron chi connectivity index (χ4n) is 2.77. The fourth-order valence-corrected chi connectivity index (χ4v) is 2.77. The van der Waals surface area contributed by atoms with Gasteiger partial charge in [-0.3, -0.25) is 23.7 Å². The van der Waals surface area contributed by atoms with Gasteiger partial charge in [0, 0.05) is 18.0 Å². The van der Waals surface area contributed by atoms with Crippen LogP contribution in [0, 0.1) is 0 Å². The van der Waals surface area contributed by atoms with E-state index in [1.165, 1.54) is 4.57 Å². The number of fused-ring (bicyclic) bond motifs is 1. The summed E-state index contributed by atoms with van der Waals surface area (Å²) < 4.78 is 1.31. The van der Waals surface area contributed by atoms with Crippen LogP contribution in [0.15, 0.2) is 59.4 Å². The molecular weight excluding hydrogens is 334 g/mol. The van der Waals surface area contributed by atoms with Gasteiger partial charge < -0.3 is 5.11 Å². The number of carbonyl (C=O) groups is 3. The molecule has 0 fully saturated rings. The summed E-state index contributed by atoms with van der Waals surface area (Å²) in [6.07, 6.45) is -0.759. The van der Waals surface area contributed by atoms with Crippen LogP contribution < -0.4 is 5.56 Å². The Labute approximate surface area is 148 Å². The molecule has 0 radical (unpaired) electrons. The van der Waals surface area contributed by atoms with Crippen molar-refractivity contribution in [1.29, 1.82) is 0 Å². The number of pyridine rings is 1. The Balaban J connectivity index is 2.31. The standard InChI is InChI=1S/C20H15NO5/c1-12(22)16(23)11-17(24)18-19(25)14-9-5-6-10-15(14)21(20(18)26)13-7-3-2-4-8-13/h2-10,25H,11H2,1H3. The summed E-state index contributed by atoms with van der Waals surface area (Å²) in [4.78, 5) is 48.2. The van der Waals surface area contributed by atoms with Crippen LogP contribution in [0.2, 0.25) is 0 Å². The monoisotopic (exact) mass is 349 g/mol. The van der Waals surface area contributed by atoms with E-state index < -0.39 is 40.6 Å². The van der Waals surface area contributed by atoms with Crippen molar-refractivity contribution < 1.29 is 19.5 Å². The summed E-state index contributed by atoms with van der Waals surface area (Å²) in [5, 5.41) is 10.8. The zero-order valence-corrected chi connectivity index (χ0v) is 13.9. The zero-order valence-electron chi connectivity index (χ0n) is 13.9. The van der Waals surface area contributed by atoms with Crippen LogP contribution in [0.5, 0.6) is 5.75 Å². The molecule has 3 aromatic rings. The van der Waals surface area contributed by atoms with Crippen molar-refractivity contribution in [3.63, 3.8) is 0 Å². The number of hydrogen-bond acceptors (Lipinski definition) is 5. The summed E-state index contributed by atoms with van der Waals surface area (Å²) in [7, 11) is 0. The maximum absolute atomic E-state index is 13.0. The maximum Gasteiger partial charge on any atom is 0.270 e. The molecule has 2 aromatic carbocycles. The second-order valence-electron chi connectivity index (χ2n) is 5.80. The van der Waals surface area contributed by atoms with E-state index in [0.29, 0.717) is 16.6 Å². The highest BCUT2D eigenvalue weighted by Crippen LogP contribution is 2.28. The second kappa shape index (κ2) is 6.76. The number of para-hydroxylation sites is 2. The fraction of sp³-hybridized carbons (Fsp3) is 0.100. The molecule has 0 aliphatic rings. The summed E-state index contributed by atoms with van der Waals surface area (Å²) in [6, 6.07) is 15.3. The van der Waals surface area contributed by atoms with Gasteiger partial charge in [0.25, 0.3) is 5.56 Å². The highest BCUT2D eigenvalue weighted by atomic mass is 16.3. The topological polar surface area (TPSA) is 93.4 Å². The van der Waals surface area contributed by atoms with Crippen molar-refractivity contribution in [3.8, 4) is 11.4 Å². The SMILES string of the molecule is CC(=O)C(=O)CC(=O)c1c(O)c2ccccc2n(-c2ccccc2)c1=O. The van der Waals surface area contributed by atoms with Crippen molar-refractivity contribution in [3.05, 3.63) is 70.5 Å². The second-order valence-corrected chi connectivity index (χ2v) is 5.80. The molecule has 0 atom stereocenters. The molecule has 6 nitrogen and oxygen atoms in total. The predicted octanol–water partition coefficient (Wildman–Crippen LogP) is 2.43. The number of carbonyl (C=O) groups excluding carboxylic acids is 3. The van der Waals surface area contributed by atoms with E-state index in [1.54, 1.807) is 54.6 Å². The number of hydrogen-bond donors (Lipinski definition) is 1. The number of ketones is 3. The van der Waals surface area contributed by atoms with Gasteiger partial charge in [-0.05, 0) is 24.3 Å². The van der Waals surface area contributed by atoms with Gasteiger partial charge in [-0.1, -0.05) is 30.3 Å². The summed E-state index contributed by atoms with van der Waals surface area (Å²) in [5.74, 6) is -3.06. The molecule has 0 saturated heterocycles. The number of aromatic nitrogens is 1. The quantitative estimate of drug-likeness (QED) is 0.434. The Kier molecular flexibility index (Phi) is 4.49. The minimum atomic E-state index is -0.909. The lowest BCUT2D eigenvalue weighted by Crippen LogP contribution is -2.27. The molecule has 0 aliphatic heterocycles. The molecule has 0 spiro atoms. The first-order valence-corrected chi connectivity index (χ1v) is 7.91. The molecule has 3 rings (SSSR count). The molecular formula is C20H15NO5. The van der Waals surface area contributed by atoms with E-state index in [0.717, 1.165) is 6.92 Å². The lowest BCUT2D eigenvalue weighted by molar-refractivity contribution is -0.134. The summed E-state index contributed by atoms with van der Waals surface area (Å²) in [5.41, 5.74) is -0.299. The zero-order chi connectivity index (χ0) is 18.8. The Bertz CT molecular complexity index is 1100. The number of benzene rings is 2. The van der Waals surface area contributed by atoms with E-state index in [1.807, 2.05) is 0 Å². The summed E-state index contributed by atoms with van der Waals surface area (Å²) in [6.45, 7) is 1.05. The Morgan fingerprint density at radius 3 is 2.23 bits per heavy atom. The average molecular weight is 349 g/mol. The molecule has 6 heteroatoms. The van der Waals surface area contributed by atoms with Crippen molar-refractivity contribution >= 4 is 28.3 Å². The van der Waals surface area contributed by atoms with Gasteiger partial charge in [0.15, 0.2) is 11.6 Å². The largest absolute Gasteiger partial charge is 0.506 e. The average Bonchev–Trinajstić information content (AvgIpc) is 2.62. The Hall–Kier alpha value is -3.54. The predicted molar refractivity (Wildman–Crippen MR) is 95.8 cm³/mol. The molecule has 0 unspecified atom stereocenters. The van der Waals surface area contributed by atoms with Crippen molar-refractivity contribution in [2.75, 3.05) is 0 Å². The Morgan fingerprint density at radius 2 is 1.58 bits per heavy atom. The smallest absolute Gasteiger partial charge is 0.270 e.